The zero-order valence-corrected chi connectivity index (χ0v) is 5.33. The normalized spacial score (nSPS) is 11.4. The van der Waals surface area contributed by atoms with Gasteiger partial charge in [-0.15, -0.1) is 0 Å². The van der Waals surface area contributed by atoms with Gasteiger partial charge >= 0.3 is 0 Å². The Morgan fingerprint density at radius 3 is 2.43 bits per heavy atom. The zero-order chi connectivity index (χ0) is 5.70. The molecule has 0 fully saturated rings. The molecule has 0 radical (unpaired) electrons. The van der Waals surface area contributed by atoms with Gasteiger partial charge in [-0.1, -0.05) is 0 Å². The minimum absolute atomic E-state index is 0.940. The fraction of sp³-hybridized carbons (Fsp3) is 0.500. The molecular formula is C4H8N2S. The van der Waals surface area contributed by atoms with Crippen molar-refractivity contribution in [3.05, 3.63) is 0 Å². The summed E-state index contributed by atoms with van der Waals surface area (Å²) >= 11 is 1.30. The maximum Gasteiger partial charge on any atom is 0.0869 e. The summed E-state index contributed by atoms with van der Waals surface area (Å²) in [6.07, 6.45) is 0. The van der Waals surface area contributed by atoms with Gasteiger partial charge in [0.25, 0.3) is 0 Å². The summed E-state index contributed by atoms with van der Waals surface area (Å²) in [6, 6.07) is 0. The lowest BCUT2D eigenvalue weighted by molar-refractivity contribution is 1.45. The largest absolute Gasteiger partial charge is 0.285 e. The number of hydrogen-bond donors (Lipinski definition) is 0. The van der Waals surface area contributed by atoms with Crippen LogP contribution in [0.15, 0.2) is 9.39 Å². The summed E-state index contributed by atoms with van der Waals surface area (Å²) in [4.78, 5) is 3.82. The molecule has 0 aromatic carbocycles. The highest BCUT2D eigenvalue weighted by atomic mass is 32.2. The quantitative estimate of drug-likeness (QED) is 0.288. The lowest BCUT2D eigenvalue weighted by atomic mass is 10.9. The first-order chi connectivity index (χ1) is 3.31. The van der Waals surface area contributed by atoms with Gasteiger partial charge in [-0.05, 0) is 13.6 Å². The van der Waals surface area contributed by atoms with Crippen molar-refractivity contribution in [2.75, 3.05) is 7.05 Å². The Kier molecular flexibility index (Phi) is 3.69. The molecule has 40 valence electrons. The highest BCUT2D eigenvalue weighted by Gasteiger charge is 1.80. The molecule has 0 aliphatic rings. The molecule has 0 N–H and O–H groups in total. The van der Waals surface area contributed by atoms with Crippen LogP contribution >= 0.6 is 11.9 Å². The van der Waals surface area contributed by atoms with Crippen LogP contribution in [0.2, 0.25) is 0 Å². The van der Waals surface area contributed by atoms with Crippen molar-refractivity contribution in [3.63, 3.8) is 0 Å². The first kappa shape index (κ1) is 6.69. The number of rotatable bonds is 1. The van der Waals surface area contributed by atoms with Crippen LogP contribution in [-0.2, 0) is 0 Å². The van der Waals surface area contributed by atoms with Crippen LogP contribution in [0.25, 0.3) is 0 Å². The molecule has 7 heavy (non-hydrogen) atoms. The maximum absolute atomic E-state index is 3.82. The minimum Gasteiger partial charge on any atom is -0.285 e. The van der Waals surface area contributed by atoms with Crippen molar-refractivity contribution < 1.29 is 0 Å². The fourth-order valence-corrected chi connectivity index (χ4v) is 0.403. The molecule has 0 unspecified atom stereocenters. The van der Waals surface area contributed by atoms with E-state index in [1.807, 2.05) is 6.92 Å². The van der Waals surface area contributed by atoms with Crippen LogP contribution < -0.4 is 0 Å². The van der Waals surface area contributed by atoms with E-state index in [1.165, 1.54) is 11.9 Å². The average molecular weight is 116 g/mol. The Morgan fingerprint density at radius 1 is 1.71 bits per heavy atom. The molecule has 0 aliphatic heterocycles. The van der Waals surface area contributed by atoms with Crippen molar-refractivity contribution in [3.8, 4) is 0 Å². The second-order valence-electron chi connectivity index (χ2n) is 0.963. The average Bonchev–Trinajstić information content (AvgIpc) is 1.68. The summed E-state index contributed by atoms with van der Waals surface area (Å²) < 4.78 is 3.54. The van der Waals surface area contributed by atoms with Crippen LogP contribution in [0.3, 0.4) is 0 Å². The molecule has 0 atom stereocenters. The Bertz CT molecular complexity index is 87.7. The fourth-order valence-electron chi connectivity index (χ4n) is 0.134. The minimum atomic E-state index is 0.940. The Hall–Kier alpha value is -0.310. The van der Waals surface area contributed by atoms with E-state index in [1.54, 1.807) is 7.05 Å². The van der Waals surface area contributed by atoms with Gasteiger partial charge < -0.3 is 0 Å². The Balaban J connectivity index is 3.36. The third-order valence-electron chi connectivity index (χ3n) is 0.512. The predicted octanol–water partition coefficient (Wildman–Crippen LogP) is 1.38. The number of aliphatic imine (C=N–C) groups is 1. The summed E-state index contributed by atoms with van der Waals surface area (Å²) in [5, 5.41) is 0.940. The van der Waals surface area contributed by atoms with Gasteiger partial charge in [0.15, 0.2) is 0 Å². The van der Waals surface area contributed by atoms with Crippen LogP contribution in [0.5, 0.6) is 0 Å². The van der Waals surface area contributed by atoms with Crippen LogP contribution in [0, 0.1) is 0 Å². The van der Waals surface area contributed by atoms with E-state index in [4.69, 9.17) is 0 Å². The first-order valence-electron chi connectivity index (χ1n) is 1.87. The van der Waals surface area contributed by atoms with Gasteiger partial charge in [0.1, 0.15) is 0 Å². The second-order valence-corrected chi connectivity index (χ2v) is 1.99. The zero-order valence-electron chi connectivity index (χ0n) is 4.51. The SMILES string of the molecule is C=NS/C(C)=N\C. The molecule has 3 heteroatoms. The molecule has 0 saturated heterocycles. The van der Waals surface area contributed by atoms with E-state index < -0.39 is 0 Å². The van der Waals surface area contributed by atoms with Crippen molar-refractivity contribution in [1.29, 1.82) is 0 Å². The molecule has 0 bridgehead atoms. The Labute approximate surface area is 47.9 Å². The molecule has 0 aromatic heterocycles. The van der Waals surface area contributed by atoms with E-state index in [0.29, 0.717) is 0 Å². The van der Waals surface area contributed by atoms with Crippen molar-refractivity contribution in [1.82, 2.24) is 0 Å². The monoisotopic (exact) mass is 116 g/mol. The lowest BCUT2D eigenvalue weighted by Crippen LogP contribution is -1.75. The van der Waals surface area contributed by atoms with Gasteiger partial charge in [-0.2, -0.15) is 0 Å². The van der Waals surface area contributed by atoms with E-state index >= 15 is 0 Å². The topological polar surface area (TPSA) is 24.7 Å². The summed E-state index contributed by atoms with van der Waals surface area (Å²) in [5.74, 6) is 0. The molecule has 0 rings (SSSR count). The van der Waals surface area contributed by atoms with E-state index in [-0.39, 0.29) is 0 Å². The number of hydrogen-bond acceptors (Lipinski definition) is 3. The molecule has 0 aromatic rings. The molecule has 0 spiro atoms. The molecular weight excluding hydrogens is 108 g/mol. The third-order valence-corrected chi connectivity index (χ3v) is 1.09. The van der Waals surface area contributed by atoms with Gasteiger partial charge in [-0.25, -0.2) is 4.40 Å². The van der Waals surface area contributed by atoms with Crippen LogP contribution in [0.4, 0.5) is 0 Å². The van der Waals surface area contributed by atoms with Gasteiger partial charge in [0.2, 0.25) is 0 Å². The van der Waals surface area contributed by atoms with Gasteiger partial charge in [-0.3, -0.25) is 4.99 Å². The summed E-state index contributed by atoms with van der Waals surface area (Å²) in [5.41, 5.74) is 0. The lowest BCUT2D eigenvalue weighted by Gasteiger charge is -1.84. The van der Waals surface area contributed by atoms with Crippen molar-refractivity contribution in [2.24, 2.45) is 9.39 Å². The third kappa shape index (κ3) is 3.52. The highest BCUT2D eigenvalue weighted by Crippen LogP contribution is 2.00. The van der Waals surface area contributed by atoms with Gasteiger partial charge in [0.05, 0.1) is 5.04 Å². The first-order valence-corrected chi connectivity index (χ1v) is 2.65. The van der Waals surface area contributed by atoms with Crippen LogP contribution in [-0.4, -0.2) is 18.8 Å². The smallest absolute Gasteiger partial charge is 0.0869 e. The molecule has 0 heterocycles. The molecule has 0 aliphatic carbocycles. The van der Waals surface area contributed by atoms with E-state index in [0.717, 1.165) is 5.04 Å². The van der Waals surface area contributed by atoms with E-state index in [9.17, 15) is 0 Å². The van der Waals surface area contributed by atoms with Gasteiger partial charge in [0, 0.05) is 19.0 Å². The van der Waals surface area contributed by atoms with Crippen LogP contribution in [0.1, 0.15) is 6.92 Å². The summed E-state index contributed by atoms with van der Waals surface area (Å²) in [6.45, 7) is 5.17. The Morgan fingerprint density at radius 2 is 2.29 bits per heavy atom. The number of nitrogens with zero attached hydrogens (tertiary/aromatic N) is 2. The van der Waals surface area contributed by atoms with Crippen molar-refractivity contribution >= 4 is 23.7 Å². The maximum atomic E-state index is 3.82. The standard InChI is InChI=1S/C4H8N2S/c1-4(5-2)7-6-3/h3H2,1-2H3/b5-4-. The predicted molar refractivity (Wildman–Crippen MR) is 36.2 cm³/mol. The molecule has 2 nitrogen and oxygen atoms in total. The molecule has 0 amide bonds. The summed E-state index contributed by atoms with van der Waals surface area (Å²) in [7, 11) is 1.73. The molecule has 0 saturated carbocycles. The second kappa shape index (κ2) is 3.87. The highest BCUT2D eigenvalue weighted by molar-refractivity contribution is 8.12. The van der Waals surface area contributed by atoms with E-state index in [2.05, 4.69) is 16.1 Å². The van der Waals surface area contributed by atoms with Crippen molar-refractivity contribution in [2.45, 2.75) is 6.92 Å².